The van der Waals surface area contributed by atoms with Crippen LogP contribution in [-0.2, 0) is 6.42 Å². The molecule has 0 bridgehead atoms. The number of methoxy groups -OCH3 is 1. The first-order valence-corrected chi connectivity index (χ1v) is 8.69. The van der Waals surface area contributed by atoms with Crippen LogP contribution in [0.25, 0.3) is 22.2 Å². The van der Waals surface area contributed by atoms with Crippen molar-refractivity contribution in [2.45, 2.75) is 26.7 Å². The van der Waals surface area contributed by atoms with Gasteiger partial charge in [-0.15, -0.1) is 0 Å². The van der Waals surface area contributed by atoms with Crippen LogP contribution in [0.4, 0.5) is 5.95 Å². The minimum atomic E-state index is -0.406. The predicted molar refractivity (Wildman–Crippen MR) is 103 cm³/mol. The van der Waals surface area contributed by atoms with Crippen LogP contribution >= 0.6 is 0 Å². The maximum atomic E-state index is 13.0. The lowest BCUT2D eigenvalue weighted by Gasteiger charge is -2.31. The molecule has 0 amide bonds. The van der Waals surface area contributed by atoms with Gasteiger partial charge in [0, 0.05) is 17.5 Å². The highest BCUT2D eigenvalue weighted by Gasteiger charge is 2.35. The van der Waals surface area contributed by atoms with Gasteiger partial charge in [-0.1, -0.05) is 26.0 Å². The zero-order valence-electron chi connectivity index (χ0n) is 15.4. The molecule has 0 radical (unpaired) electrons. The quantitative estimate of drug-likeness (QED) is 0.723. The first-order valence-electron chi connectivity index (χ1n) is 8.69. The Morgan fingerprint density at radius 2 is 1.78 bits per heavy atom. The molecule has 7 heteroatoms. The van der Waals surface area contributed by atoms with Crippen LogP contribution in [0.15, 0.2) is 29.1 Å². The van der Waals surface area contributed by atoms with E-state index in [-0.39, 0.29) is 28.2 Å². The van der Waals surface area contributed by atoms with Crippen molar-refractivity contribution in [1.29, 1.82) is 0 Å². The van der Waals surface area contributed by atoms with Crippen molar-refractivity contribution in [3.05, 3.63) is 45.9 Å². The van der Waals surface area contributed by atoms with Crippen LogP contribution in [-0.4, -0.2) is 27.8 Å². The number of rotatable bonds is 2. The number of carbonyl (C=O) groups is 1. The summed E-state index contributed by atoms with van der Waals surface area (Å²) >= 11 is 0. The largest absolute Gasteiger partial charge is 0.497 e. The highest BCUT2D eigenvalue weighted by molar-refractivity contribution is 6.10. The molecule has 1 aliphatic carbocycles. The number of fused-ring (bicyclic) bond motifs is 2. The number of carbonyl (C=O) groups excluding carboxylic acids is 1. The van der Waals surface area contributed by atoms with Gasteiger partial charge in [0.15, 0.2) is 11.4 Å². The summed E-state index contributed by atoms with van der Waals surface area (Å²) in [5.74, 6) is 0.675. The number of nitrogen functional groups attached to an aromatic ring is 1. The number of pyridine rings is 1. The molecule has 0 fully saturated rings. The average Bonchev–Trinajstić information content (AvgIpc) is 2.58. The van der Waals surface area contributed by atoms with Crippen molar-refractivity contribution in [3.63, 3.8) is 0 Å². The Kier molecular flexibility index (Phi) is 3.76. The van der Waals surface area contributed by atoms with E-state index in [1.54, 1.807) is 19.2 Å². The van der Waals surface area contributed by atoms with Crippen molar-refractivity contribution < 1.29 is 9.53 Å². The van der Waals surface area contributed by atoms with Crippen LogP contribution in [0.5, 0.6) is 5.75 Å². The summed E-state index contributed by atoms with van der Waals surface area (Å²) in [6.45, 7) is 4.07. The summed E-state index contributed by atoms with van der Waals surface area (Å²) in [4.78, 5) is 37.0. The second-order valence-corrected chi connectivity index (χ2v) is 7.63. The first kappa shape index (κ1) is 17.2. The lowest BCUT2D eigenvalue weighted by Crippen LogP contribution is -2.29. The van der Waals surface area contributed by atoms with E-state index in [9.17, 15) is 9.59 Å². The standard InChI is InChI=1S/C20H20N4O3/c1-20(2)8-12-15(13(25)9-20)14(10-4-6-11(27-3)7-5-10)16-17(22-12)23-19(21)24-18(16)26/h4-7H,8-9H2,1-3H3,(H3,21,22,23,24,26). The average molecular weight is 364 g/mol. The second kappa shape index (κ2) is 5.90. The number of nitrogens with one attached hydrogen (secondary N) is 1. The maximum absolute atomic E-state index is 13.0. The predicted octanol–water partition coefficient (Wildman–Crippen LogP) is 2.73. The fraction of sp³-hybridized carbons (Fsp3) is 0.300. The molecule has 27 heavy (non-hydrogen) atoms. The molecule has 1 aromatic carbocycles. The van der Waals surface area contributed by atoms with E-state index in [4.69, 9.17) is 10.5 Å². The fourth-order valence-corrected chi connectivity index (χ4v) is 3.75. The number of Topliss-reactive ketones (excluding diaryl/α,β-unsaturated/α-hetero) is 1. The Labute approximate surface area is 155 Å². The number of aromatic nitrogens is 3. The van der Waals surface area contributed by atoms with Crippen molar-refractivity contribution >= 4 is 22.8 Å². The van der Waals surface area contributed by atoms with Gasteiger partial charge < -0.3 is 10.5 Å². The lowest BCUT2D eigenvalue weighted by molar-refractivity contribution is 0.0911. The first-order chi connectivity index (χ1) is 12.8. The molecule has 0 saturated carbocycles. The van der Waals surface area contributed by atoms with Gasteiger partial charge in [0.05, 0.1) is 18.2 Å². The number of ketones is 1. The summed E-state index contributed by atoms with van der Waals surface area (Å²) in [6.07, 6.45) is 1.03. The summed E-state index contributed by atoms with van der Waals surface area (Å²) in [6, 6.07) is 7.25. The molecular formula is C20H20N4O3. The molecule has 3 aromatic rings. The number of nitrogens with zero attached hydrogens (tertiary/aromatic N) is 2. The van der Waals surface area contributed by atoms with Gasteiger partial charge in [-0.2, -0.15) is 4.98 Å². The fourth-order valence-electron chi connectivity index (χ4n) is 3.75. The van der Waals surface area contributed by atoms with E-state index < -0.39 is 5.56 Å². The SMILES string of the molecule is COc1ccc(-c2c3c(nc4nc(N)[nH]c(=O)c24)CC(C)(C)CC3=O)cc1. The van der Waals surface area contributed by atoms with Crippen LogP contribution in [0.1, 0.15) is 36.3 Å². The molecule has 138 valence electrons. The van der Waals surface area contributed by atoms with E-state index in [1.807, 2.05) is 26.0 Å². The Bertz CT molecular complexity index is 1130. The Morgan fingerprint density at radius 3 is 2.44 bits per heavy atom. The van der Waals surface area contributed by atoms with E-state index >= 15 is 0 Å². The molecule has 1 aliphatic rings. The number of ether oxygens (including phenoxy) is 1. The third-order valence-electron chi connectivity index (χ3n) is 4.89. The van der Waals surface area contributed by atoms with Crippen molar-refractivity contribution in [3.8, 4) is 16.9 Å². The molecule has 0 unspecified atom stereocenters. The highest BCUT2D eigenvalue weighted by atomic mass is 16.5. The number of hydrogen-bond acceptors (Lipinski definition) is 6. The molecule has 2 heterocycles. The third kappa shape index (κ3) is 2.85. The van der Waals surface area contributed by atoms with Crippen molar-refractivity contribution in [2.75, 3.05) is 12.8 Å². The molecule has 2 aromatic heterocycles. The van der Waals surface area contributed by atoms with Gasteiger partial charge in [0.1, 0.15) is 5.75 Å². The zero-order chi connectivity index (χ0) is 19.3. The van der Waals surface area contributed by atoms with Crippen LogP contribution in [0.2, 0.25) is 0 Å². The van der Waals surface area contributed by atoms with E-state index in [1.165, 1.54) is 0 Å². The monoisotopic (exact) mass is 364 g/mol. The molecule has 7 nitrogen and oxygen atoms in total. The molecular weight excluding hydrogens is 344 g/mol. The number of aromatic amines is 1. The summed E-state index contributed by atoms with van der Waals surface area (Å²) < 4.78 is 5.22. The topological polar surface area (TPSA) is 111 Å². The van der Waals surface area contributed by atoms with Crippen LogP contribution in [0, 0.1) is 5.41 Å². The van der Waals surface area contributed by atoms with Gasteiger partial charge >= 0.3 is 0 Å². The van der Waals surface area contributed by atoms with E-state index in [2.05, 4.69) is 15.0 Å². The maximum Gasteiger partial charge on any atom is 0.262 e. The Hall–Kier alpha value is -3.22. The second-order valence-electron chi connectivity index (χ2n) is 7.63. The van der Waals surface area contributed by atoms with Gasteiger partial charge in [0.2, 0.25) is 5.95 Å². The Balaban J connectivity index is 2.12. The minimum absolute atomic E-state index is 0.00188. The number of benzene rings is 1. The van der Waals surface area contributed by atoms with E-state index in [0.29, 0.717) is 35.4 Å². The molecule has 0 atom stereocenters. The third-order valence-corrected chi connectivity index (χ3v) is 4.89. The zero-order valence-corrected chi connectivity index (χ0v) is 15.4. The highest BCUT2D eigenvalue weighted by Crippen LogP contribution is 2.40. The normalized spacial score (nSPS) is 15.6. The Morgan fingerprint density at radius 1 is 1.07 bits per heavy atom. The molecule has 0 saturated heterocycles. The van der Waals surface area contributed by atoms with Crippen LogP contribution in [0.3, 0.4) is 0 Å². The van der Waals surface area contributed by atoms with Crippen molar-refractivity contribution in [2.24, 2.45) is 5.41 Å². The molecule has 4 rings (SSSR count). The lowest BCUT2D eigenvalue weighted by atomic mass is 9.73. The summed E-state index contributed by atoms with van der Waals surface area (Å²) in [7, 11) is 1.59. The number of H-pyrrole nitrogens is 1. The molecule has 0 spiro atoms. The minimum Gasteiger partial charge on any atom is -0.497 e. The molecule has 0 aliphatic heterocycles. The van der Waals surface area contributed by atoms with Crippen molar-refractivity contribution in [1.82, 2.24) is 15.0 Å². The van der Waals surface area contributed by atoms with Crippen LogP contribution < -0.4 is 16.0 Å². The van der Waals surface area contributed by atoms with Gasteiger partial charge in [0.25, 0.3) is 5.56 Å². The number of anilines is 1. The smallest absolute Gasteiger partial charge is 0.262 e. The van der Waals surface area contributed by atoms with Gasteiger partial charge in [-0.3, -0.25) is 14.6 Å². The summed E-state index contributed by atoms with van der Waals surface area (Å²) in [5, 5.41) is 0.279. The van der Waals surface area contributed by atoms with Gasteiger partial charge in [-0.05, 0) is 29.5 Å². The number of nitrogens with two attached hydrogens (primary N) is 1. The summed E-state index contributed by atoms with van der Waals surface area (Å²) in [5.41, 5.74) is 7.83. The number of hydrogen-bond donors (Lipinski definition) is 2. The van der Waals surface area contributed by atoms with Gasteiger partial charge in [-0.25, -0.2) is 4.98 Å². The molecule has 3 N–H and O–H groups in total. The van der Waals surface area contributed by atoms with E-state index in [0.717, 1.165) is 5.56 Å².